The van der Waals surface area contributed by atoms with E-state index < -0.39 is 5.97 Å². The molecule has 0 spiro atoms. The summed E-state index contributed by atoms with van der Waals surface area (Å²) in [6.45, 7) is 3.71. The highest BCUT2D eigenvalue weighted by atomic mass is 79.9. The van der Waals surface area contributed by atoms with Crippen LogP contribution in [0.25, 0.3) is 0 Å². The van der Waals surface area contributed by atoms with Gasteiger partial charge in [0.1, 0.15) is 0 Å². The highest BCUT2D eigenvalue weighted by molar-refractivity contribution is 9.11. The highest BCUT2D eigenvalue weighted by Crippen LogP contribution is 2.29. The van der Waals surface area contributed by atoms with Crippen molar-refractivity contribution >= 4 is 37.8 Å². The van der Waals surface area contributed by atoms with Gasteiger partial charge in [-0.1, -0.05) is 37.9 Å². The first-order valence-electron chi connectivity index (χ1n) is 5.84. The molecule has 98 valence electrons. The fourth-order valence-corrected chi connectivity index (χ4v) is 3.39. The number of rotatable bonds is 7. The van der Waals surface area contributed by atoms with E-state index in [0.29, 0.717) is 6.42 Å². The Labute approximate surface area is 124 Å². The molecule has 4 heteroatoms. The van der Waals surface area contributed by atoms with Crippen molar-refractivity contribution in [3.63, 3.8) is 0 Å². The number of carbonyl (C=O) groups is 1. The molecule has 0 radical (unpaired) electrons. The third-order valence-electron chi connectivity index (χ3n) is 2.66. The van der Waals surface area contributed by atoms with Gasteiger partial charge in [0.05, 0.1) is 0 Å². The van der Waals surface area contributed by atoms with E-state index in [1.165, 1.54) is 5.56 Å². The quantitative estimate of drug-likeness (QED) is 0.552. The van der Waals surface area contributed by atoms with E-state index in [1.807, 2.05) is 18.2 Å². The van der Waals surface area contributed by atoms with Crippen molar-refractivity contribution in [3.05, 3.63) is 44.9 Å². The van der Waals surface area contributed by atoms with Crippen molar-refractivity contribution in [2.24, 2.45) is 0 Å². The number of aliphatic carboxylic acids is 1. The average molecular weight is 376 g/mol. The van der Waals surface area contributed by atoms with Crippen LogP contribution in [-0.2, 0) is 17.6 Å². The van der Waals surface area contributed by atoms with Gasteiger partial charge in [-0.2, -0.15) is 0 Å². The molecule has 0 aliphatic rings. The molecular weight excluding hydrogens is 360 g/mol. The van der Waals surface area contributed by atoms with Crippen molar-refractivity contribution < 1.29 is 9.90 Å². The van der Waals surface area contributed by atoms with Crippen LogP contribution in [0.3, 0.4) is 0 Å². The highest BCUT2D eigenvalue weighted by Gasteiger charge is 2.08. The standard InChI is InChI=1S/C14H16Br2O2/c1-2-3-4-5-11-12(15)8-10(9-13(11)16)6-7-14(17)18/h2,8-9H,1,3-7H2,(H,17,18). The third kappa shape index (κ3) is 4.94. The van der Waals surface area contributed by atoms with Gasteiger partial charge in [0, 0.05) is 15.4 Å². The first-order valence-corrected chi connectivity index (χ1v) is 7.42. The van der Waals surface area contributed by atoms with Crippen LogP contribution in [0.2, 0.25) is 0 Å². The largest absolute Gasteiger partial charge is 0.481 e. The van der Waals surface area contributed by atoms with Crippen LogP contribution in [0.5, 0.6) is 0 Å². The number of benzene rings is 1. The zero-order chi connectivity index (χ0) is 13.5. The van der Waals surface area contributed by atoms with Crippen LogP contribution in [0.1, 0.15) is 30.4 Å². The molecule has 0 unspecified atom stereocenters. The second-order valence-electron chi connectivity index (χ2n) is 4.11. The molecule has 18 heavy (non-hydrogen) atoms. The van der Waals surface area contributed by atoms with Crippen LogP contribution in [0.4, 0.5) is 0 Å². The maximum atomic E-state index is 10.6. The Kier molecular flexibility index (Phi) is 6.65. The molecule has 0 saturated heterocycles. The Bertz CT molecular complexity index is 418. The van der Waals surface area contributed by atoms with Crippen molar-refractivity contribution in [2.75, 3.05) is 0 Å². The first-order chi connectivity index (χ1) is 8.54. The lowest BCUT2D eigenvalue weighted by Crippen LogP contribution is -1.99. The summed E-state index contributed by atoms with van der Waals surface area (Å²) < 4.78 is 2.09. The zero-order valence-corrected chi connectivity index (χ0v) is 13.3. The second kappa shape index (κ2) is 7.74. The van der Waals surface area contributed by atoms with Gasteiger partial charge in [0.25, 0.3) is 0 Å². The normalized spacial score (nSPS) is 10.3. The number of carboxylic acids is 1. The lowest BCUT2D eigenvalue weighted by molar-refractivity contribution is -0.136. The first kappa shape index (κ1) is 15.4. The Morgan fingerprint density at radius 3 is 2.39 bits per heavy atom. The summed E-state index contributed by atoms with van der Waals surface area (Å²) in [5, 5.41) is 8.68. The SMILES string of the molecule is C=CCCCc1c(Br)cc(CCC(=O)O)cc1Br. The minimum atomic E-state index is -0.766. The molecule has 0 aliphatic heterocycles. The number of hydrogen-bond acceptors (Lipinski definition) is 1. The number of unbranched alkanes of at least 4 members (excludes halogenated alkanes) is 1. The number of halogens is 2. The second-order valence-corrected chi connectivity index (χ2v) is 5.82. The minimum absolute atomic E-state index is 0.161. The van der Waals surface area contributed by atoms with Crippen LogP contribution >= 0.6 is 31.9 Å². The minimum Gasteiger partial charge on any atom is -0.481 e. The predicted octanol–water partition coefficient (Wildman–Crippen LogP) is 4.74. The summed E-state index contributed by atoms with van der Waals surface area (Å²) in [4.78, 5) is 10.6. The summed E-state index contributed by atoms with van der Waals surface area (Å²) in [7, 11) is 0. The van der Waals surface area contributed by atoms with E-state index in [0.717, 1.165) is 33.8 Å². The number of carboxylic acid groups (broad SMARTS) is 1. The predicted molar refractivity (Wildman–Crippen MR) is 80.9 cm³/mol. The van der Waals surface area contributed by atoms with E-state index in [2.05, 4.69) is 38.4 Å². The molecule has 0 heterocycles. The lowest BCUT2D eigenvalue weighted by atomic mass is 10.0. The number of allylic oxidation sites excluding steroid dienone is 1. The van der Waals surface area contributed by atoms with Gasteiger partial charge in [-0.05, 0) is 48.9 Å². The number of hydrogen-bond donors (Lipinski definition) is 1. The molecule has 1 aromatic carbocycles. The maximum absolute atomic E-state index is 10.6. The smallest absolute Gasteiger partial charge is 0.303 e. The fraction of sp³-hybridized carbons (Fsp3) is 0.357. The molecule has 0 fully saturated rings. The summed E-state index contributed by atoms with van der Waals surface area (Å²) in [6.07, 6.45) is 5.68. The third-order valence-corrected chi connectivity index (χ3v) is 4.08. The van der Waals surface area contributed by atoms with Crippen molar-refractivity contribution in [2.45, 2.75) is 32.1 Å². The molecular formula is C14H16Br2O2. The summed E-state index contributed by atoms with van der Waals surface area (Å²) in [6, 6.07) is 4.02. The van der Waals surface area contributed by atoms with Crippen LogP contribution in [0.15, 0.2) is 33.7 Å². The molecule has 0 atom stereocenters. The summed E-state index contributed by atoms with van der Waals surface area (Å²) in [5.74, 6) is -0.766. The van der Waals surface area contributed by atoms with E-state index >= 15 is 0 Å². The van der Waals surface area contributed by atoms with Gasteiger partial charge in [0.2, 0.25) is 0 Å². The molecule has 1 aromatic rings. The van der Waals surface area contributed by atoms with Gasteiger partial charge in [-0.15, -0.1) is 6.58 Å². The number of aryl methyl sites for hydroxylation is 1. The van der Waals surface area contributed by atoms with E-state index in [4.69, 9.17) is 5.11 Å². The maximum Gasteiger partial charge on any atom is 0.303 e. The van der Waals surface area contributed by atoms with Crippen molar-refractivity contribution in [1.29, 1.82) is 0 Å². The van der Waals surface area contributed by atoms with E-state index in [-0.39, 0.29) is 6.42 Å². The van der Waals surface area contributed by atoms with Crippen molar-refractivity contribution in [3.8, 4) is 0 Å². The van der Waals surface area contributed by atoms with Crippen LogP contribution < -0.4 is 0 Å². The molecule has 0 amide bonds. The Hall–Kier alpha value is -0.610. The average Bonchev–Trinajstić information content (AvgIpc) is 2.30. The summed E-state index contributed by atoms with van der Waals surface area (Å²) in [5.41, 5.74) is 2.26. The molecule has 0 saturated carbocycles. The van der Waals surface area contributed by atoms with E-state index in [1.54, 1.807) is 0 Å². The Morgan fingerprint density at radius 1 is 1.28 bits per heavy atom. The van der Waals surface area contributed by atoms with Crippen LogP contribution in [0, 0.1) is 0 Å². The van der Waals surface area contributed by atoms with Crippen molar-refractivity contribution in [1.82, 2.24) is 0 Å². The van der Waals surface area contributed by atoms with Crippen LogP contribution in [-0.4, -0.2) is 11.1 Å². The molecule has 0 aromatic heterocycles. The molecule has 0 aliphatic carbocycles. The molecule has 1 N–H and O–H groups in total. The van der Waals surface area contributed by atoms with Gasteiger partial charge < -0.3 is 5.11 Å². The van der Waals surface area contributed by atoms with Gasteiger partial charge in [0.15, 0.2) is 0 Å². The fourth-order valence-electron chi connectivity index (χ4n) is 1.71. The molecule has 1 rings (SSSR count). The lowest BCUT2D eigenvalue weighted by Gasteiger charge is -2.10. The van der Waals surface area contributed by atoms with Gasteiger partial charge >= 0.3 is 5.97 Å². The monoisotopic (exact) mass is 374 g/mol. The summed E-state index contributed by atoms with van der Waals surface area (Å²) >= 11 is 7.11. The molecule has 2 nitrogen and oxygen atoms in total. The topological polar surface area (TPSA) is 37.3 Å². The zero-order valence-electron chi connectivity index (χ0n) is 10.1. The van der Waals surface area contributed by atoms with E-state index in [9.17, 15) is 4.79 Å². The molecule has 0 bridgehead atoms. The Morgan fingerprint density at radius 2 is 1.89 bits per heavy atom. The van der Waals surface area contributed by atoms with Gasteiger partial charge in [-0.3, -0.25) is 4.79 Å². The van der Waals surface area contributed by atoms with Gasteiger partial charge in [-0.25, -0.2) is 0 Å². The Balaban J connectivity index is 2.76.